The number of aliphatic hydroxyl groups is 1. The first kappa shape index (κ1) is 24.4. The Morgan fingerprint density at radius 2 is 1.60 bits per heavy atom. The molecule has 10 atom stereocenters. The number of aliphatic carboxylic acids is 1. The van der Waals surface area contributed by atoms with Crippen LogP contribution < -0.4 is 0 Å². The fraction of sp³-hybridized carbons (Fsp3) is 0.933. The molecule has 0 radical (unpaired) electrons. The number of ether oxygens (including phenoxy) is 1. The van der Waals surface area contributed by atoms with Gasteiger partial charge in [-0.1, -0.05) is 27.7 Å². The lowest BCUT2D eigenvalue weighted by Gasteiger charge is -2.61. The van der Waals surface area contributed by atoms with Crippen molar-refractivity contribution < 1.29 is 24.5 Å². The highest BCUT2D eigenvalue weighted by molar-refractivity contribution is 5.86. The number of carboxylic acid groups (broad SMARTS) is 1. The number of fused-ring (bicyclic) bond motifs is 4. The van der Waals surface area contributed by atoms with Crippen molar-refractivity contribution in [2.75, 3.05) is 0 Å². The van der Waals surface area contributed by atoms with E-state index in [4.69, 9.17) is 4.74 Å². The first-order chi connectivity index (χ1) is 16.2. The molecule has 5 nitrogen and oxygen atoms in total. The number of ketones is 1. The molecule has 10 unspecified atom stereocenters. The van der Waals surface area contributed by atoms with E-state index < -0.39 is 23.1 Å². The summed E-state index contributed by atoms with van der Waals surface area (Å²) in [5, 5.41) is 22.0. The van der Waals surface area contributed by atoms with Gasteiger partial charge < -0.3 is 14.9 Å². The monoisotopic (exact) mass is 486 g/mol. The maximum atomic E-state index is 13.6. The summed E-state index contributed by atoms with van der Waals surface area (Å²) in [5.41, 5.74) is -1.84. The van der Waals surface area contributed by atoms with Crippen molar-refractivity contribution in [3.05, 3.63) is 0 Å². The summed E-state index contributed by atoms with van der Waals surface area (Å²) in [6.45, 7) is 12.8. The second-order valence-corrected chi connectivity index (χ2v) is 15.1. The zero-order chi connectivity index (χ0) is 25.4. The Bertz CT molecular complexity index is 970. The average molecular weight is 487 g/mol. The summed E-state index contributed by atoms with van der Waals surface area (Å²) in [6.07, 6.45) is 8.20. The molecule has 6 rings (SSSR count). The molecule has 5 saturated carbocycles. The maximum Gasteiger partial charge on any atom is 0.310 e. The lowest BCUT2D eigenvalue weighted by atomic mass is 9.41. The number of carbonyl (C=O) groups is 2. The maximum absolute atomic E-state index is 13.6. The number of Topliss-reactive ketones (excluding diaryl/α,β-unsaturated/α-hetero) is 1. The van der Waals surface area contributed by atoms with Crippen LogP contribution in [0.15, 0.2) is 0 Å². The number of carbonyl (C=O) groups excluding carboxylic acids is 1. The van der Waals surface area contributed by atoms with Crippen LogP contribution in [0.4, 0.5) is 0 Å². The number of rotatable bonds is 1. The van der Waals surface area contributed by atoms with Crippen LogP contribution in [0.3, 0.4) is 0 Å². The molecule has 35 heavy (non-hydrogen) atoms. The van der Waals surface area contributed by atoms with Gasteiger partial charge in [0.15, 0.2) is 0 Å². The van der Waals surface area contributed by atoms with Crippen molar-refractivity contribution >= 4 is 11.8 Å². The quantitative estimate of drug-likeness (QED) is 0.502. The summed E-state index contributed by atoms with van der Waals surface area (Å²) in [6, 6.07) is 0. The van der Waals surface area contributed by atoms with E-state index in [1.807, 2.05) is 13.8 Å². The van der Waals surface area contributed by atoms with Crippen molar-refractivity contribution in [3.8, 4) is 0 Å². The predicted molar refractivity (Wildman–Crippen MR) is 133 cm³/mol. The van der Waals surface area contributed by atoms with Gasteiger partial charge in [-0.2, -0.15) is 0 Å². The van der Waals surface area contributed by atoms with Crippen molar-refractivity contribution in [2.24, 2.45) is 50.7 Å². The fourth-order valence-corrected chi connectivity index (χ4v) is 11.8. The zero-order valence-electron chi connectivity index (χ0n) is 22.7. The van der Waals surface area contributed by atoms with Crippen LogP contribution in [0.2, 0.25) is 0 Å². The molecule has 1 heterocycles. The van der Waals surface area contributed by atoms with E-state index in [1.165, 1.54) is 0 Å². The van der Waals surface area contributed by atoms with E-state index in [9.17, 15) is 19.8 Å². The van der Waals surface area contributed by atoms with Crippen molar-refractivity contribution in [1.29, 1.82) is 0 Å². The smallest absolute Gasteiger partial charge is 0.310 e. The summed E-state index contributed by atoms with van der Waals surface area (Å²) in [5.74, 6) is 0.855. The molecule has 6 aliphatic rings. The van der Waals surface area contributed by atoms with Crippen molar-refractivity contribution in [1.82, 2.24) is 0 Å². The van der Waals surface area contributed by atoms with E-state index in [1.54, 1.807) is 0 Å². The lowest BCUT2D eigenvalue weighted by Crippen LogP contribution is -2.60. The van der Waals surface area contributed by atoms with E-state index in [0.29, 0.717) is 36.9 Å². The molecular formula is C30H46O5. The minimum atomic E-state index is -0.791. The summed E-state index contributed by atoms with van der Waals surface area (Å²) >= 11 is 0. The van der Waals surface area contributed by atoms with Gasteiger partial charge in [-0.25, -0.2) is 0 Å². The van der Waals surface area contributed by atoms with Crippen molar-refractivity contribution in [2.45, 2.75) is 124 Å². The van der Waals surface area contributed by atoms with Crippen LogP contribution in [-0.2, 0) is 14.3 Å². The van der Waals surface area contributed by atoms with E-state index in [-0.39, 0.29) is 39.6 Å². The zero-order valence-corrected chi connectivity index (χ0v) is 22.7. The van der Waals surface area contributed by atoms with Gasteiger partial charge in [0.2, 0.25) is 0 Å². The van der Waals surface area contributed by atoms with Crippen molar-refractivity contribution in [3.63, 3.8) is 0 Å². The molecule has 5 heteroatoms. The van der Waals surface area contributed by atoms with Crippen LogP contribution >= 0.6 is 0 Å². The van der Waals surface area contributed by atoms with E-state index >= 15 is 0 Å². The molecule has 5 aliphatic carbocycles. The third-order valence-electron chi connectivity index (χ3n) is 13.5. The number of aliphatic hydroxyl groups excluding tert-OH is 1. The first-order valence-electron chi connectivity index (χ1n) is 14.3. The van der Waals surface area contributed by atoms with Crippen LogP contribution in [-0.4, -0.2) is 39.8 Å². The van der Waals surface area contributed by atoms with Gasteiger partial charge in [-0.3, -0.25) is 9.59 Å². The molecule has 0 aromatic rings. The SMILES string of the molecule is CC1CCC(O)C(C)(C)OC2CC3(C(=O)O)C4CCC5C(C)(C)C(=O)CCC56CC46CCC3(C)C12. The molecule has 0 aromatic carbocycles. The Balaban J connectivity index is 1.45. The molecule has 2 spiro atoms. The van der Waals surface area contributed by atoms with Crippen LogP contribution in [0, 0.1) is 50.7 Å². The minimum Gasteiger partial charge on any atom is -0.481 e. The summed E-state index contributed by atoms with van der Waals surface area (Å²) in [7, 11) is 0. The fourth-order valence-electron chi connectivity index (χ4n) is 11.8. The predicted octanol–water partition coefficient (Wildman–Crippen LogP) is 5.62. The average Bonchev–Trinajstić information content (AvgIpc) is 3.36. The molecule has 0 aromatic heterocycles. The highest BCUT2D eigenvalue weighted by atomic mass is 16.5. The first-order valence-corrected chi connectivity index (χ1v) is 14.3. The third kappa shape index (κ3) is 2.63. The van der Waals surface area contributed by atoms with Crippen LogP contribution in [0.25, 0.3) is 0 Å². The van der Waals surface area contributed by atoms with Crippen LogP contribution in [0.5, 0.6) is 0 Å². The summed E-state index contributed by atoms with van der Waals surface area (Å²) < 4.78 is 6.74. The number of hydrogen-bond acceptors (Lipinski definition) is 4. The molecule has 1 saturated heterocycles. The van der Waals surface area contributed by atoms with E-state index in [2.05, 4.69) is 27.7 Å². The highest BCUT2D eigenvalue weighted by Gasteiger charge is 2.85. The van der Waals surface area contributed by atoms with Crippen LogP contribution in [0.1, 0.15) is 106 Å². The Kier molecular flexibility index (Phi) is 4.83. The molecule has 6 fully saturated rings. The Labute approximate surface area is 210 Å². The Morgan fingerprint density at radius 3 is 2.29 bits per heavy atom. The molecule has 2 N–H and O–H groups in total. The van der Waals surface area contributed by atoms with Gasteiger partial charge in [-0.05, 0) is 112 Å². The van der Waals surface area contributed by atoms with Gasteiger partial charge >= 0.3 is 5.97 Å². The second-order valence-electron chi connectivity index (χ2n) is 15.1. The normalized spacial score (nSPS) is 55.8. The molecule has 1 aliphatic heterocycles. The standard InChI is InChI=1S/C30H46O5/c1-17-7-10-22(32)26(4,5)35-18-15-30(24(33)34)20-9-8-19-25(2,3)21(31)11-12-28(19)16-29(20,28)14-13-27(30,6)23(17)18/h17-20,22-23,32H,7-16H2,1-6H3,(H,33,34). The number of hydrogen-bond donors (Lipinski definition) is 2. The summed E-state index contributed by atoms with van der Waals surface area (Å²) in [4.78, 5) is 26.5. The highest BCUT2D eigenvalue weighted by Crippen LogP contribution is 2.89. The third-order valence-corrected chi connectivity index (χ3v) is 13.5. The van der Waals surface area contributed by atoms with Gasteiger partial charge in [0.1, 0.15) is 5.78 Å². The molecular weight excluding hydrogens is 440 g/mol. The number of carboxylic acids is 1. The lowest BCUT2D eigenvalue weighted by molar-refractivity contribution is -0.191. The molecule has 196 valence electrons. The second kappa shape index (κ2) is 6.92. The minimum absolute atomic E-state index is 0.0731. The molecule has 0 amide bonds. The largest absolute Gasteiger partial charge is 0.481 e. The Hall–Kier alpha value is -0.940. The van der Waals surface area contributed by atoms with Gasteiger partial charge in [0.05, 0.1) is 23.2 Å². The van der Waals surface area contributed by atoms with Gasteiger partial charge in [-0.15, -0.1) is 0 Å². The van der Waals surface area contributed by atoms with E-state index in [0.717, 1.165) is 44.9 Å². The topological polar surface area (TPSA) is 83.8 Å². The molecule has 0 bridgehead atoms. The van der Waals surface area contributed by atoms with Gasteiger partial charge in [0.25, 0.3) is 0 Å². The Morgan fingerprint density at radius 1 is 0.943 bits per heavy atom. The van der Waals surface area contributed by atoms with Gasteiger partial charge in [0, 0.05) is 11.8 Å².